The summed E-state index contributed by atoms with van der Waals surface area (Å²) >= 11 is 1.46. The van der Waals surface area contributed by atoms with Crippen LogP contribution in [-0.4, -0.2) is 44.4 Å². The van der Waals surface area contributed by atoms with E-state index >= 15 is 0 Å². The first-order valence-corrected chi connectivity index (χ1v) is 10.9. The van der Waals surface area contributed by atoms with Crippen LogP contribution in [0.3, 0.4) is 0 Å². The van der Waals surface area contributed by atoms with Crippen molar-refractivity contribution in [3.8, 4) is 0 Å². The standard InChI is InChI=1S/C16H21NO5S2/c18-15(17-12-6-7-24(20,21)10-12)9-22-16(19)14-8-11-4-2-1-3-5-13(11)23-14/h8,12H,1-7,9-10H2,(H,17,18)/t12-/m1/s1. The van der Waals surface area contributed by atoms with Crippen molar-refractivity contribution in [3.05, 3.63) is 21.4 Å². The third kappa shape index (κ3) is 4.36. The maximum absolute atomic E-state index is 12.1. The molecule has 3 rings (SSSR count). The largest absolute Gasteiger partial charge is 0.451 e. The highest BCUT2D eigenvalue weighted by molar-refractivity contribution is 7.91. The second-order valence-corrected chi connectivity index (χ2v) is 9.73. The third-order valence-corrected chi connectivity index (χ3v) is 7.36. The molecule has 1 aromatic heterocycles. The van der Waals surface area contributed by atoms with Crippen LogP contribution < -0.4 is 5.32 Å². The Kier molecular flexibility index (Phi) is 5.24. The number of nitrogens with one attached hydrogen (secondary N) is 1. The van der Waals surface area contributed by atoms with Gasteiger partial charge < -0.3 is 10.1 Å². The van der Waals surface area contributed by atoms with Gasteiger partial charge in [0.1, 0.15) is 4.88 Å². The third-order valence-electron chi connectivity index (χ3n) is 4.38. The van der Waals surface area contributed by atoms with E-state index in [0.717, 1.165) is 25.7 Å². The predicted molar refractivity (Wildman–Crippen MR) is 91.1 cm³/mol. The van der Waals surface area contributed by atoms with Gasteiger partial charge in [0.2, 0.25) is 0 Å². The Morgan fingerprint density at radius 3 is 2.79 bits per heavy atom. The summed E-state index contributed by atoms with van der Waals surface area (Å²) in [6, 6.07) is 1.51. The molecule has 1 N–H and O–H groups in total. The number of amides is 1. The first-order chi connectivity index (χ1) is 11.4. The Morgan fingerprint density at radius 2 is 2.04 bits per heavy atom. The molecule has 1 atom stereocenters. The van der Waals surface area contributed by atoms with Crippen molar-refractivity contribution in [2.24, 2.45) is 0 Å². The van der Waals surface area contributed by atoms with Crippen LogP contribution in [0.1, 0.15) is 45.8 Å². The number of carbonyl (C=O) groups excluding carboxylic acids is 2. The van der Waals surface area contributed by atoms with Crippen molar-refractivity contribution in [2.45, 2.75) is 44.6 Å². The van der Waals surface area contributed by atoms with Gasteiger partial charge in [-0.3, -0.25) is 4.79 Å². The maximum Gasteiger partial charge on any atom is 0.348 e. The normalized spacial score (nSPS) is 22.4. The van der Waals surface area contributed by atoms with Crippen LogP contribution in [0.25, 0.3) is 0 Å². The molecule has 0 radical (unpaired) electrons. The molecule has 24 heavy (non-hydrogen) atoms. The number of hydrogen-bond donors (Lipinski definition) is 1. The number of esters is 1. The molecular formula is C16H21NO5S2. The van der Waals surface area contributed by atoms with Gasteiger partial charge in [-0.1, -0.05) is 6.42 Å². The molecule has 1 aliphatic carbocycles. The zero-order valence-corrected chi connectivity index (χ0v) is 15.0. The van der Waals surface area contributed by atoms with Crippen LogP contribution in [0.15, 0.2) is 6.07 Å². The highest BCUT2D eigenvalue weighted by atomic mass is 32.2. The number of fused-ring (bicyclic) bond motifs is 1. The minimum atomic E-state index is -3.04. The lowest BCUT2D eigenvalue weighted by atomic mass is 10.1. The smallest absolute Gasteiger partial charge is 0.348 e. The summed E-state index contributed by atoms with van der Waals surface area (Å²) in [6.45, 7) is -0.377. The molecule has 2 aliphatic rings. The molecule has 0 unspecified atom stereocenters. The first kappa shape index (κ1) is 17.4. The lowest BCUT2D eigenvalue weighted by molar-refractivity contribution is -0.124. The topological polar surface area (TPSA) is 89.5 Å². The Labute approximate surface area is 145 Å². The van der Waals surface area contributed by atoms with Crippen molar-refractivity contribution < 1.29 is 22.7 Å². The quantitative estimate of drug-likeness (QED) is 0.640. The molecule has 6 nitrogen and oxygen atoms in total. The van der Waals surface area contributed by atoms with Crippen molar-refractivity contribution >= 4 is 33.1 Å². The van der Waals surface area contributed by atoms with E-state index in [4.69, 9.17) is 4.74 Å². The fraction of sp³-hybridized carbons (Fsp3) is 0.625. The van der Waals surface area contributed by atoms with Crippen LogP contribution in [0.4, 0.5) is 0 Å². The molecule has 0 spiro atoms. The lowest BCUT2D eigenvalue weighted by Gasteiger charge is -2.10. The number of carbonyl (C=O) groups is 2. The van der Waals surface area contributed by atoms with E-state index in [2.05, 4.69) is 5.32 Å². The molecule has 1 aromatic rings. The van der Waals surface area contributed by atoms with E-state index in [9.17, 15) is 18.0 Å². The number of rotatable bonds is 4. The summed E-state index contributed by atoms with van der Waals surface area (Å²) in [7, 11) is -3.04. The molecule has 1 amide bonds. The molecule has 8 heteroatoms. The average Bonchev–Trinajstić information content (AvgIpc) is 3.01. The fourth-order valence-corrected chi connectivity index (χ4v) is 5.97. The molecule has 132 valence electrons. The van der Waals surface area contributed by atoms with E-state index in [0.29, 0.717) is 11.3 Å². The van der Waals surface area contributed by atoms with Gasteiger partial charge in [0.25, 0.3) is 5.91 Å². The van der Waals surface area contributed by atoms with Gasteiger partial charge >= 0.3 is 5.97 Å². The second-order valence-electron chi connectivity index (χ2n) is 6.36. The molecule has 0 saturated carbocycles. The Hall–Kier alpha value is -1.41. The van der Waals surface area contributed by atoms with E-state index in [1.54, 1.807) is 0 Å². The van der Waals surface area contributed by atoms with Crippen LogP contribution in [0, 0.1) is 0 Å². The van der Waals surface area contributed by atoms with Gasteiger partial charge in [-0.15, -0.1) is 11.3 Å². The molecule has 2 heterocycles. The minimum Gasteiger partial charge on any atom is -0.451 e. The van der Waals surface area contributed by atoms with Gasteiger partial charge in [-0.25, -0.2) is 13.2 Å². The van der Waals surface area contributed by atoms with E-state index in [1.165, 1.54) is 28.2 Å². The number of aryl methyl sites for hydroxylation is 2. The summed E-state index contributed by atoms with van der Waals surface area (Å²) in [4.78, 5) is 25.7. The van der Waals surface area contributed by atoms with Gasteiger partial charge in [0.05, 0.1) is 11.5 Å². The SMILES string of the molecule is O=C(COC(=O)c1cc2c(s1)CCCCC2)N[C@@H]1CCS(=O)(=O)C1. The highest BCUT2D eigenvalue weighted by Crippen LogP contribution is 2.29. The van der Waals surface area contributed by atoms with Crippen LogP contribution >= 0.6 is 11.3 Å². The summed E-state index contributed by atoms with van der Waals surface area (Å²) in [5.74, 6) is -0.881. The van der Waals surface area contributed by atoms with Gasteiger partial charge in [0.15, 0.2) is 16.4 Å². The van der Waals surface area contributed by atoms with E-state index < -0.39 is 21.7 Å². The summed E-state index contributed by atoms with van der Waals surface area (Å²) < 4.78 is 27.8. The van der Waals surface area contributed by atoms with Gasteiger partial charge in [0, 0.05) is 10.9 Å². The van der Waals surface area contributed by atoms with Gasteiger partial charge in [-0.05, 0) is 43.7 Å². The van der Waals surface area contributed by atoms with Crippen LogP contribution in [0.2, 0.25) is 0 Å². The Balaban J connectivity index is 1.49. The van der Waals surface area contributed by atoms with Crippen LogP contribution in [0.5, 0.6) is 0 Å². The average molecular weight is 371 g/mol. The predicted octanol–water partition coefficient (Wildman–Crippen LogP) is 1.48. The number of hydrogen-bond acceptors (Lipinski definition) is 6. The lowest BCUT2D eigenvalue weighted by Crippen LogP contribution is -2.38. The van der Waals surface area contributed by atoms with Crippen molar-refractivity contribution in [1.82, 2.24) is 5.32 Å². The fourth-order valence-electron chi connectivity index (χ4n) is 3.15. The summed E-state index contributed by atoms with van der Waals surface area (Å²) in [5.41, 5.74) is 1.23. The molecule has 0 aromatic carbocycles. The van der Waals surface area contributed by atoms with Crippen molar-refractivity contribution in [3.63, 3.8) is 0 Å². The highest BCUT2D eigenvalue weighted by Gasteiger charge is 2.29. The number of thiophene rings is 1. The molecule has 1 aliphatic heterocycles. The van der Waals surface area contributed by atoms with Crippen LogP contribution in [-0.2, 0) is 32.2 Å². The number of sulfone groups is 1. The van der Waals surface area contributed by atoms with E-state index in [-0.39, 0.29) is 24.2 Å². The van der Waals surface area contributed by atoms with Crippen molar-refractivity contribution in [2.75, 3.05) is 18.1 Å². The van der Waals surface area contributed by atoms with E-state index in [1.807, 2.05) is 6.07 Å². The summed E-state index contributed by atoms with van der Waals surface area (Å²) in [6.07, 6.45) is 5.93. The van der Waals surface area contributed by atoms with Crippen molar-refractivity contribution in [1.29, 1.82) is 0 Å². The Morgan fingerprint density at radius 1 is 1.25 bits per heavy atom. The first-order valence-electron chi connectivity index (χ1n) is 8.21. The molecule has 1 saturated heterocycles. The summed E-state index contributed by atoms with van der Waals surface area (Å²) in [5, 5.41) is 2.61. The molecule has 1 fully saturated rings. The minimum absolute atomic E-state index is 0.0374. The molecular weight excluding hydrogens is 350 g/mol. The molecule has 0 bridgehead atoms. The zero-order valence-electron chi connectivity index (χ0n) is 13.4. The monoisotopic (exact) mass is 371 g/mol. The maximum atomic E-state index is 12.1. The second kappa shape index (κ2) is 7.23. The Bertz CT molecular complexity index is 714. The van der Waals surface area contributed by atoms with Gasteiger partial charge in [-0.2, -0.15) is 0 Å². The zero-order chi connectivity index (χ0) is 17.2. The number of ether oxygens (including phenoxy) is 1.